The van der Waals surface area contributed by atoms with Crippen LogP contribution in [0, 0.1) is 31.6 Å². The molecule has 0 aliphatic carbocycles. The van der Waals surface area contributed by atoms with E-state index in [0.29, 0.717) is 28.1 Å². The van der Waals surface area contributed by atoms with E-state index < -0.39 is 17.4 Å². The van der Waals surface area contributed by atoms with E-state index in [1.807, 2.05) is 74.5 Å². The summed E-state index contributed by atoms with van der Waals surface area (Å²) in [5.74, 6) is -1.25. The van der Waals surface area contributed by atoms with E-state index in [4.69, 9.17) is 4.98 Å². The summed E-state index contributed by atoms with van der Waals surface area (Å²) in [4.78, 5) is 49.0. The summed E-state index contributed by atoms with van der Waals surface area (Å²) in [6.45, 7) is 8.05. The fourth-order valence-corrected chi connectivity index (χ4v) is 6.94. The van der Waals surface area contributed by atoms with E-state index in [1.54, 1.807) is 10.6 Å². The molecule has 1 spiro atoms. The minimum Gasteiger partial charge on any atom is -0.296 e. The Morgan fingerprint density at radius 3 is 2.37 bits per heavy atom. The van der Waals surface area contributed by atoms with Crippen molar-refractivity contribution in [2.45, 2.75) is 39.3 Å². The van der Waals surface area contributed by atoms with E-state index in [9.17, 15) is 14.4 Å². The number of imide groups is 1. The second-order valence-corrected chi connectivity index (χ2v) is 11.1. The highest BCUT2D eigenvalue weighted by atomic mass is 16.2. The third-order valence-corrected chi connectivity index (χ3v) is 8.83. The maximum Gasteiger partial charge on any atom is 0.266 e. The fourth-order valence-electron chi connectivity index (χ4n) is 6.94. The minimum absolute atomic E-state index is 0.0607. The number of aromatic nitrogens is 2. The molecule has 1 N–H and O–H groups in total. The highest BCUT2D eigenvalue weighted by molar-refractivity contribution is 6.23. The molecule has 7 nitrogen and oxygen atoms in total. The van der Waals surface area contributed by atoms with Crippen LogP contribution >= 0.6 is 0 Å². The van der Waals surface area contributed by atoms with E-state index in [1.165, 1.54) is 4.90 Å². The average Bonchev–Trinajstić information content (AvgIpc) is 3.50. The van der Waals surface area contributed by atoms with Crippen molar-refractivity contribution in [3.05, 3.63) is 99.6 Å². The van der Waals surface area contributed by atoms with Gasteiger partial charge in [-0.25, -0.2) is 9.88 Å². The van der Waals surface area contributed by atoms with Gasteiger partial charge in [-0.2, -0.15) is 0 Å². The van der Waals surface area contributed by atoms with Crippen molar-refractivity contribution in [1.82, 2.24) is 14.9 Å². The van der Waals surface area contributed by atoms with Gasteiger partial charge in [-0.1, -0.05) is 56.3 Å². The molecule has 190 valence electrons. The molecular weight excluding hydrogens is 476 g/mol. The van der Waals surface area contributed by atoms with E-state index in [-0.39, 0.29) is 29.3 Å². The summed E-state index contributed by atoms with van der Waals surface area (Å²) in [7, 11) is 0. The van der Waals surface area contributed by atoms with Gasteiger partial charge in [-0.15, -0.1) is 0 Å². The van der Waals surface area contributed by atoms with Crippen molar-refractivity contribution in [2.75, 3.05) is 4.90 Å². The zero-order valence-electron chi connectivity index (χ0n) is 21.7. The van der Waals surface area contributed by atoms with Crippen molar-refractivity contribution in [2.24, 2.45) is 17.8 Å². The number of para-hydroxylation sites is 2. The number of rotatable bonds is 2. The SMILES string of the molecule is Cc1cccc(N2C(=O)C3C(C(C)C)NC4(c5ccccc5-n5c4nc4ccccc4c5=O)C3C2=O)c1C. The summed E-state index contributed by atoms with van der Waals surface area (Å²) in [6.07, 6.45) is 0. The van der Waals surface area contributed by atoms with Crippen LogP contribution in [-0.2, 0) is 15.1 Å². The third kappa shape index (κ3) is 2.67. The lowest BCUT2D eigenvalue weighted by molar-refractivity contribution is -0.123. The Morgan fingerprint density at radius 1 is 0.868 bits per heavy atom. The van der Waals surface area contributed by atoms with Crippen molar-refractivity contribution in [3.63, 3.8) is 0 Å². The number of hydrogen-bond donors (Lipinski definition) is 1. The van der Waals surface area contributed by atoms with Crippen LogP contribution in [0.25, 0.3) is 16.6 Å². The Labute approximate surface area is 220 Å². The van der Waals surface area contributed by atoms with Crippen LogP contribution in [0.2, 0.25) is 0 Å². The summed E-state index contributed by atoms with van der Waals surface area (Å²) < 4.78 is 1.64. The fraction of sp³-hybridized carbons (Fsp3) is 0.290. The largest absolute Gasteiger partial charge is 0.296 e. The molecule has 2 saturated heterocycles. The monoisotopic (exact) mass is 504 g/mol. The molecule has 3 aliphatic rings. The lowest BCUT2D eigenvalue weighted by Gasteiger charge is -2.32. The zero-order chi connectivity index (χ0) is 26.5. The zero-order valence-corrected chi connectivity index (χ0v) is 21.7. The number of carbonyl (C=O) groups is 2. The van der Waals surface area contributed by atoms with Crippen molar-refractivity contribution < 1.29 is 9.59 Å². The van der Waals surface area contributed by atoms with Crippen LogP contribution in [0.4, 0.5) is 5.69 Å². The molecule has 4 heterocycles. The Morgan fingerprint density at radius 2 is 1.58 bits per heavy atom. The van der Waals surface area contributed by atoms with Gasteiger partial charge in [0, 0.05) is 11.6 Å². The number of nitrogens with zero attached hydrogens (tertiary/aromatic N) is 3. The van der Waals surface area contributed by atoms with Crippen LogP contribution in [0.1, 0.15) is 36.4 Å². The predicted octanol–water partition coefficient (Wildman–Crippen LogP) is 3.99. The first-order valence-electron chi connectivity index (χ1n) is 13.1. The van der Waals surface area contributed by atoms with Crippen LogP contribution in [0.3, 0.4) is 0 Å². The van der Waals surface area contributed by atoms with Crippen LogP contribution < -0.4 is 15.8 Å². The molecule has 4 aromatic rings. The van der Waals surface area contributed by atoms with Gasteiger partial charge in [-0.05, 0) is 55.2 Å². The average molecular weight is 505 g/mol. The van der Waals surface area contributed by atoms with Crippen molar-refractivity contribution in [1.29, 1.82) is 0 Å². The van der Waals surface area contributed by atoms with Gasteiger partial charge < -0.3 is 0 Å². The second kappa shape index (κ2) is 7.71. The van der Waals surface area contributed by atoms with Crippen molar-refractivity contribution in [3.8, 4) is 5.69 Å². The smallest absolute Gasteiger partial charge is 0.266 e. The van der Waals surface area contributed by atoms with Gasteiger partial charge in [0.15, 0.2) is 0 Å². The number of carbonyl (C=O) groups excluding carboxylic acids is 2. The molecular formula is C31H28N4O3. The number of anilines is 1. The molecule has 1 aromatic heterocycles. The molecule has 7 rings (SSSR count). The highest BCUT2D eigenvalue weighted by Gasteiger charge is 2.70. The molecule has 2 fully saturated rings. The number of aryl methyl sites for hydroxylation is 1. The van der Waals surface area contributed by atoms with Gasteiger partial charge in [0.2, 0.25) is 11.8 Å². The van der Waals surface area contributed by atoms with E-state index in [0.717, 1.165) is 16.7 Å². The molecule has 4 atom stereocenters. The quantitative estimate of drug-likeness (QED) is 0.418. The van der Waals surface area contributed by atoms with Crippen LogP contribution in [0.5, 0.6) is 0 Å². The molecule has 0 radical (unpaired) electrons. The number of amides is 2. The molecule has 3 aliphatic heterocycles. The van der Waals surface area contributed by atoms with Crippen molar-refractivity contribution >= 4 is 28.4 Å². The molecule has 0 bridgehead atoms. The highest BCUT2D eigenvalue weighted by Crippen LogP contribution is 2.56. The first-order valence-corrected chi connectivity index (χ1v) is 13.1. The molecule has 7 heteroatoms. The molecule has 2 amide bonds. The summed E-state index contributed by atoms with van der Waals surface area (Å²) >= 11 is 0. The lowest BCUT2D eigenvalue weighted by Crippen LogP contribution is -2.51. The molecule has 3 aromatic carbocycles. The number of fused-ring (bicyclic) bond motifs is 8. The second-order valence-electron chi connectivity index (χ2n) is 11.1. The van der Waals surface area contributed by atoms with Crippen LogP contribution in [-0.4, -0.2) is 27.4 Å². The van der Waals surface area contributed by atoms with Crippen LogP contribution in [0.15, 0.2) is 71.5 Å². The molecule has 38 heavy (non-hydrogen) atoms. The van der Waals surface area contributed by atoms with Gasteiger partial charge in [0.25, 0.3) is 5.56 Å². The first-order chi connectivity index (χ1) is 18.3. The van der Waals surface area contributed by atoms with Gasteiger partial charge in [-0.3, -0.25) is 24.3 Å². The standard InChI is InChI=1S/C31H28N4O3/c1-16(2)26-24-25(29(38)34(28(24)37)22-15-9-10-17(3)18(22)4)31(33-26)20-12-6-8-14-23(20)35-27(36)19-11-5-7-13-21(19)32-30(31)35/h5-16,24-26,33H,1-4H3. The number of benzene rings is 3. The predicted molar refractivity (Wildman–Crippen MR) is 145 cm³/mol. The maximum atomic E-state index is 14.5. The first kappa shape index (κ1) is 23.0. The number of nitrogens with one attached hydrogen (secondary N) is 1. The minimum atomic E-state index is -1.11. The number of hydrogen-bond acceptors (Lipinski definition) is 5. The summed E-state index contributed by atoms with van der Waals surface area (Å²) in [6, 6.07) is 20.4. The molecule has 4 unspecified atom stereocenters. The van der Waals surface area contributed by atoms with Gasteiger partial charge in [0.1, 0.15) is 11.4 Å². The van der Waals surface area contributed by atoms with E-state index in [2.05, 4.69) is 19.2 Å². The molecule has 0 saturated carbocycles. The Hall–Kier alpha value is -4.10. The van der Waals surface area contributed by atoms with E-state index >= 15 is 0 Å². The lowest BCUT2D eigenvalue weighted by atomic mass is 9.75. The topological polar surface area (TPSA) is 84.3 Å². The normalized spacial score (nSPS) is 25.5. The Kier molecular flexibility index (Phi) is 4.68. The third-order valence-electron chi connectivity index (χ3n) is 8.83. The van der Waals surface area contributed by atoms with Gasteiger partial charge >= 0.3 is 0 Å². The summed E-state index contributed by atoms with van der Waals surface area (Å²) in [5, 5.41) is 4.26. The Balaban J connectivity index is 1.54. The maximum absolute atomic E-state index is 14.5. The summed E-state index contributed by atoms with van der Waals surface area (Å²) in [5.41, 5.74) is 3.35. The Bertz CT molecular complexity index is 1760. The van der Waals surface area contributed by atoms with Gasteiger partial charge in [0.05, 0.1) is 34.1 Å².